The second kappa shape index (κ2) is 8.29. The quantitative estimate of drug-likeness (QED) is 0.595. The van der Waals surface area contributed by atoms with Crippen LogP contribution in [0.3, 0.4) is 0 Å². The largest absolute Gasteiger partial charge is 0.332 e. The van der Waals surface area contributed by atoms with Crippen LogP contribution in [0.25, 0.3) is 5.95 Å². The van der Waals surface area contributed by atoms with E-state index in [-0.39, 0.29) is 11.9 Å². The maximum atomic E-state index is 13.3. The Balaban J connectivity index is 1.60. The van der Waals surface area contributed by atoms with Crippen LogP contribution in [0.5, 0.6) is 0 Å². The zero-order valence-electron chi connectivity index (χ0n) is 16.5. The molecular formula is C21H23ClN6O. The first-order valence-electron chi connectivity index (χ1n) is 9.74. The molecule has 8 heteroatoms. The molecule has 0 radical (unpaired) electrons. The number of aromatic nitrogens is 5. The topological polar surface area (TPSA) is 76.8 Å². The third-order valence-corrected chi connectivity index (χ3v) is 5.30. The Morgan fingerprint density at radius 1 is 1.24 bits per heavy atom. The number of benzene rings is 1. The Morgan fingerprint density at radius 3 is 2.69 bits per heavy atom. The summed E-state index contributed by atoms with van der Waals surface area (Å²) in [5, 5.41) is 4.93. The molecule has 0 bridgehead atoms. The van der Waals surface area contributed by atoms with Crippen molar-refractivity contribution in [3.63, 3.8) is 0 Å². The minimum Gasteiger partial charge on any atom is -0.332 e. The van der Waals surface area contributed by atoms with E-state index in [0.29, 0.717) is 35.7 Å². The highest BCUT2D eigenvalue weighted by Gasteiger charge is 2.32. The van der Waals surface area contributed by atoms with E-state index in [1.165, 1.54) is 6.33 Å². The van der Waals surface area contributed by atoms with Gasteiger partial charge in [0.2, 0.25) is 5.91 Å². The molecule has 1 fully saturated rings. The van der Waals surface area contributed by atoms with E-state index in [1.807, 2.05) is 36.9 Å². The summed E-state index contributed by atoms with van der Waals surface area (Å²) in [6.07, 6.45) is 7.40. The zero-order chi connectivity index (χ0) is 20.4. The third kappa shape index (κ3) is 4.62. The lowest BCUT2D eigenvalue weighted by Gasteiger charge is -2.29. The second-order valence-corrected chi connectivity index (χ2v) is 7.99. The molecule has 1 amide bonds. The highest BCUT2D eigenvalue weighted by atomic mass is 35.5. The van der Waals surface area contributed by atoms with Crippen molar-refractivity contribution >= 4 is 17.5 Å². The molecule has 1 aromatic carbocycles. The second-order valence-electron chi connectivity index (χ2n) is 7.56. The van der Waals surface area contributed by atoms with E-state index in [1.54, 1.807) is 23.1 Å². The van der Waals surface area contributed by atoms with Gasteiger partial charge >= 0.3 is 0 Å². The highest BCUT2D eigenvalue weighted by Crippen LogP contribution is 2.33. The van der Waals surface area contributed by atoms with Crippen molar-refractivity contribution in [2.24, 2.45) is 5.92 Å². The number of carbonyl (C=O) groups excluding carboxylic acids is 1. The number of hydrogen-bond donors (Lipinski definition) is 0. The number of rotatable bonds is 7. The first-order valence-corrected chi connectivity index (χ1v) is 10.1. The molecule has 0 spiro atoms. The highest BCUT2D eigenvalue weighted by molar-refractivity contribution is 6.30. The number of nitrogens with zero attached hydrogens (tertiary/aromatic N) is 6. The molecule has 1 unspecified atom stereocenters. The predicted octanol–water partition coefficient (Wildman–Crippen LogP) is 3.56. The Hall–Kier alpha value is -2.80. The Kier molecular flexibility index (Phi) is 5.58. The minimum atomic E-state index is -0.255. The Bertz CT molecular complexity index is 981. The molecule has 150 valence electrons. The van der Waals surface area contributed by atoms with Crippen molar-refractivity contribution in [3.05, 3.63) is 65.0 Å². The summed E-state index contributed by atoms with van der Waals surface area (Å²) in [6.45, 7) is 4.67. The van der Waals surface area contributed by atoms with Gasteiger partial charge in [-0.15, -0.1) is 0 Å². The van der Waals surface area contributed by atoms with Crippen LogP contribution >= 0.6 is 11.6 Å². The Morgan fingerprint density at radius 2 is 2.00 bits per heavy atom. The van der Waals surface area contributed by atoms with Gasteiger partial charge in [-0.1, -0.05) is 17.7 Å². The summed E-state index contributed by atoms with van der Waals surface area (Å²) in [5.41, 5.74) is 1.96. The molecule has 29 heavy (non-hydrogen) atoms. The average molecular weight is 411 g/mol. The summed E-state index contributed by atoms with van der Waals surface area (Å²) in [4.78, 5) is 28.1. The molecular weight excluding hydrogens is 388 g/mol. The van der Waals surface area contributed by atoms with E-state index >= 15 is 0 Å². The number of halogens is 1. The van der Waals surface area contributed by atoms with Gasteiger partial charge in [0.05, 0.1) is 12.5 Å². The monoisotopic (exact) mass is 410 g/mol. The summed E-state index contributed by atoms with van der Waals surface area (Å²) >= 11 is 6.18. The van der Waals surface area contributed by atoms with Gasteiger partial charge in [0.25, 0.3) is 5.95 Å². The van der Waals surface area contributed by atoms with Gasteiger partial charge in [0, 0.05) is 24.0 Å². The minimum absolute atomic E-state index is 0.0506. The first-order chi connectivity index (χ1) is 14.0. The van der Waals surface area contributed by atoms with Crippen molar-refractivity contribution in [2.45, 2.75) is 39.2 Å². The molecule has 1 saturated carbocycles. The van der Waals surface area contributed by atoms with Gasteiger partial charge in [-0.05, 0) is 61.9 Å². The smallest absolute Gasteiger partial charge is 0.252 e. The summed E-state index contributed by atoms with van der Waals surface area (Å²) < 4.78 is 1.60. The van der Waals surface area contributed by atoms with Gasteiger partial charge in [0.15, 0.2) is 5.82 Å². The summed E-state index contributed by atoms with van der Waals surface area (Å²) in [5.74, 6) is 1.69. The number of carbonyl (C=O) groups is 1. The molecule has 2 aromatic heterocycles. The molecule has 4 rings (SSSR count). The van der Waals surface area contributed by atoms with Crippen LogP contribution in [0.4, 0.5) is 0 Å². The molecule has 0 aliphatic heterocycles. The third-order valence-electron chi connectivity index (χ3n) is 5.09. The van der Waals surface area contributed by atoms with Crippen molar-refractivity contribution in [2.75, 3.05) is 6.54 Å². The van der Waals surface area contributed by atoms with Gasteiger partial charge in [0.1, 0.15) is 6.33 Å². The van der Waals surface area contributed by atoms with Crippen LogP contribution < -0.4 is 0 Å². The molecule has 0 N–H and O–H groups in total. The lowest BCUT2D eigenvalue weighted by molar-refractivity contribution is -0.133. The van der Waals surface area contributed by atoms with Crippen molar-refractivity contribution in [1.29, 1.82) is 0 Å². The number of aryl methyl sites for hydroxylation is 1. The van der Waals surface area contributed by atoms with Crippen LogP contribution in [-0.2, 0) is 11.2 Å². The van der Waals surface area contributed by atoms with Crippen molar-refractivity contribution < 1.29 is 4.79 Å². The molecule has 1 atom stereocenters. The van der Waals surface area contributed by atoms with Gasteiger partial charge in [-0.25, -0.2) is 15.0 Å². The average Bonchev–Trinajstić information content (AvgIpc) is 3.38. The van der Waals surface area contributed by atoms with Crippen LogP contribution in [0.2, 0.25) is 5.02 Å². The molecule has 1 aliphatic carbocycles. The standard InChI is InChI=1S/C21H23ClN6O/c1-14-8-17(10-18(22)9-14)11-19(29)27(12-16-4-5-16)15(2)20-25-13-26-28(20)21-23-6-3-7-24-21/h3,6-10,13,15-16H,4-5,11-12H2,1-2H3. The molecule has 7 nitrogen and oxygen atoms in total. The lowest BCUT2D eigenvalue weighted by atomic mass is 10.1. The summed E-state index contributed by atoms with van der Waals surface area (Å²) in [6, 6.07) is 7.24. The Labute approximate surface area is 174 Å². The fourth-order valence-electron chi connectivity index (χ4n) is 3.47. The number of amides is 1. The predicted molar refractivity (Wildman–Crippen MR) is 110 cm³/mol. The first kappa shape index (κ1) is 19.5. The van der Waals surface area contributed by atoms with E-state index < -0.39 is 0 Å². The molecule has 1 aliphatic rings. The van der Waals surface area contributed by atoms with Crippen molar-refractivity contribution in [3.8, 4) is 5.95 Å². The zero-order valence-corrected chi connectivity index (χ0v) is 17.3. The lowest BCUT2D eigenvalue weighted by Crippen LogP contribution is -2.37. The van der Waals surface area contributed by atoms with Gasteiger partial charge in [-0.2, -0.15) is 9.78 Å². The molecule has 0 saturated heterocycles. The van der Waals surface area contributed by atoms with E-state index in [4.69, 9.17) is 11.6 Å². The fourth-order valence-corrected chi connectivity index (χ4v) is 3.79. The van der Waals surface area contributed by atoms with E-state index in [9.17, 15) is 4.79 Å². The van der Waals surface area contributed by atoms with Crippen LogP contribution in [0, 0.1) is 12.8 Å². The van der Waals surface area contributed by atoms with E-state index in [0.717, 1.165) is 24.0 Å². The van der Waals surface area contributed by atoms with Crippen LogP contribution in [-0.4, -0.2) is 42.1 Å². The summed E-state index contributed by atoms with van der Waals surface area (Å²) in [7, 11) is 0. The normalized spacial score (nSPS) is 14.6. The SMILES string of the molecule is Cc1cc(Cl)cc(CC(=O)N(CC2CC2)C(C)c2ncnn2-c2ncccn2)c1. The number of hydrogen-bond acceptors (Lipinski definition) is 5. The van der Waals surface area contributed by atoms with Crippen LogP contribution in [0.1, 0.15) is 42.8 Å². The van der Waals surface area contributed by atoms with E-state index in [2.05, 4.69) is 20.1 Å². The van der Waals surface area contributed by atoms with Crippen molar-refractivity contribution in [1.82, 2.24) is 29.6 Å². The maximum Gasteiger partial charge on any atom is 0.252 e. The maximum absolute atomic E-state index is 13.3. The fraction of sp³-hybridized carbons (Fsp3) is 0.381. The molecule has 2 heterocycles. The van der Waals surface area contributed by atoms with Gasteiger partial charge in [-0.3, -0.25) is 4.79 Å². The molecule has 3 aromatic rings. The van der Waals surface area contributed by atoms with Crippen LogP contribution in [0.15, 0.2) is 43.0 Å². The van der Waals surface area contributed by atoms with Gasteiger partial charge < -0.3 is 4.90 Å².